The van der Waals surface area contributed by atoms with Crippen molar-refractivity contribution in [3.05, 3.63) is 24.2 Å². The average molecular weight is 186 g/mol. The van der Waals surface area contributed by atoms with Crippen molar-refractivity contribution >= 4 is 12.4 Å². The molecule has 5 nitrogen and oxygen atoms in total. The number of rotatable bonds is 1. The van der Waals surface area contributed by atoms with Crippen molar-refractivity contribution in [3.63, 3.8) is 0 Å². The molecule has 0 saturated carbocycles. The van der Waals surface area contributed by atoms with E-state index in [2.05, 4.69) is 13.9 Å². The van der Waals surface area contributed by atoms with Crippen LogP contribution in [-0.4, -0.2) is 26.7 Å². The molecule has 0 radical (unpaired) electrons. The molecule has 0 aliphatic rings. The predicted octanol–water partition coefficient (Wildman–Crippen LogP) is 1.49. The molecule has 0 atom stereocenters. The first-order valence-corrected chi connectivity index (χ1v) is 3.35. The summed E-state index contributed by atoms with van der Waals surface area (Å²) < 4.78 is 12.7. The lowest BCUT2D eigenvalue weighted by molar-refractivity contribution is 0.0924. The molecule has 0 amide bonds. The van der Waals surface area contributed by atoms with E-state index in [9.17, 15) is 9.59 Å². The van der Waals surface area contributed by atoms with Crippen LogP contribution in [-0.2, 0) is 9.47 Å². The van der Waals surface area contributed by atoms with Gasteiger partial charge < -0.3 is 13.9 Å². The molecule has 1 rings (SSSR count). The molecule has 0 N–H and O–H groups in total. The zero-order valence-electron chi connectivity index (χ0n) is 7.35. The first-order valence-electron chi connectivity index (χ1n) is 3.35. The van der Waals surface area contributed by atoms with Crippen LogP contribution in [0.2, 0.25) is 0 Å². The van der Waals surface area contributed by atoms with Crippen molar-refractivity contribution < 1.29 is 23.5 Å². The van der Waals surface area contributed by atoms with E-state index < -0.39 is 6.16 Å². The van der Waals surface area contributed by atoms with Gasteiger partial charge in [-0.1, -0.05) is 0 Å². The number of methoxy groups -OCH3 is 2. The summed E-state index contributed by atoms with van der Waals surface area (Å²) in [6.07, 6.45) is 1.47. The molecule has 0 spiro atoms. The van der Waals surface area contributed by atoms with Crippen LogP contribution in [0.1, 0.15) is 10.6 Å². The fraction of sp³-hybridized carbons (Fsp3) is 0.250. The second kappa shape index (κ2) is 6.90. The molecule has 13 heavy (non-hydrogen) atoms. The fourth-order valence-electron chi connectivity index (χ4n) is 0.442. The van der Waals surface area contributed by atoms with Crippen LogP contribution in [0.5, 0.6) is 0 Å². The molecule has 0 aromatic carbocycles. The molecule has 0 bridgehead atoms. The summed E-state index contributed by atoms with van der Waals surface area (Å²) >= 11 is 0. The first-order chi connectivity index (χ1) is 6.24. The third-order valence-electron chi connectivity index (χ3n) is 0.993. The van der Waals surface area contributed by atoms with Crippen LogP contribution < -0.4 is 0 Å². The van der Waals surface area contributed by atoms with Gasteiger partial charge in [-0.25, -0.2) is 4.79 Å². The summed E-state index contributed by atoms with van der Waals surface area (Å²) in [6.45, 7) is 0. The van der Waals surface area contributed by atoms with Crippen LogP contribution in [0.4, 0.5) is 4.79 Å². The molecule has 5 heteroatoms. The van der Waals surface area contributed by atoms with Gasteiger partial charge in [0, 0.05) is 0 Å². The standard InChI is InChI=1S/C5H4O2.C3H6O3/c6-4-5-2-1-3-7-5;1-5-3(4)6-2/h1-4H;1-2H3. The Labute approximate surface area is 75.2 Å². The highest BCUT2D eigenvalue weighted by atomic mass is 16.7. The van der Waals surface area contributed by atoms with E-state index >= 15 is 0 Å². The SMILES string of the molecule is COC(=O)OC.O=Cc1ccco1. The second-order valence-electron chi connectivity index (χ2n) is 1.79. The largest absolute Gasteiger partial charge is 0.507 e. The number of ether oxygens (including phenoxy) is 2. The van der Waals surface area contributed by atoms with Gasteiger partial charge in [-0.05, 0) is 12.1 Å². The minimum atomic E-state index is -0.657. The summed E-state index contributed by atoms with van der Waals surface area (Å²) in [7, 11) is 2.51. The van der Waals surface area contributed by atoms with Gasteiger partial charge in [-0.2, -0.15) is 0 Å². The molecule has 0 fully saturated rings. The highest BCUT2D eigenvalue weighted by Gasteiger charge is 1.88. The number of carbonyl (C=O) groups excluding carboxylic acids is 2. The Balaban J connectivity index is 0.000000226. The lowest BCUT2D eigenvalue weighted by Crippen LogP contribution is -1.97. The van der Waals surface area contributed by atoms with Crippen LogP contribution in [0.3, 0.4) is 0 Å². The molecule has 1 aromatic rings. The zero-order chi connectivity index (χ0) is 10.1. The third kappa shape index (κ3) is 5.49. The van der Waals surface area contributed by atoms with Crippen molar-refractivity contribution in [1.82, 2.24) is 0 Å². The van der Waals surface area contributed by atoms with Gasteiger partial charge in [0.2, 0.25) is 0 Å². The quantitative estimate of drug-likeness (QED) is 0.491. The Kier molecular flexibility index (Phi) is 5.96. The number of aldehydes is 1. The number of hydrogen-bond donors (Lipinski definition) is 0. The second-order valence-corrected chi connectivity index (χ2v) is 1.79. The highest BCUT2D eigenvalue weighted by Crippen LogP contribution is 1.92. The van der Waals surface area contributed by atoms with E-state index in [0.29, 0.717) is 12.0 Å². The van der Waals surface area contributed by atoms with Gasteiger partial charge in [-0.3, -0.25) is 4.79 Å². The average Bonchev–Trinajstić information content (AvgIpc) is 2.70. The minimum Gasteiger partial charge on any atom is -0.462 e. The van der Waals surface area contributed by atoms with Gasteiger partial charge >= 0.3 is 6.16 Å². The van der Waals surface area contributed by atoms with E-state index in [4.69, 9.17) is 0 Å². The number of carbonyl (C=O) groups is 2. The summed E-state index contributed by atoms with van der Waals surface area (Å²) in [5.41, 5.74) is 0. The molecular formula is C8H10O5. The molecule has 1 aromatic heterocycles. The van der Waals surface area contributed by atoms with E-state index in [1.807, 2.05) is 0 Å². The molecule has 72 valence electrons. The molecule has 0 unspecified atom stereocenters. The first kappa shape index (κ1) is 11.2. The number of hydrogen-bond acceptors (Lipinski definition) is 5. The minimum absolute atomic E-state index is 0.375. The number of furan rings is 1. The zero-order valence-corrected chi connectivity index (χ0v) is 7.35. The molecular weight excluding hydrogens is 176 g/mol. The van der Waals surface area contributed by atoms with Gasteiger partial charge in [0.25, 0.3) is 0 Å². The van der Waals surface area contributed by atoms with Crippen LogP contribution in [0.25, 0.3) is 0 Å². The van der Waals surface area contributed by atoms with Crippen molar-refractivity contribution in [3.8, 4) is 0 Å². The Hall–Kier alpha value is -1.78. The third-order valence-corrected chi connectivity index (χ3v) is 0.993. The van der Waals surface area contributed by atoms with Gasteiger partial charge in [0.1, 0.15) is 0 Å². The lowest BCUT2D eigenvalue weighted by atomic mass is 10.5. The van der Waals surface area contributed by atoms with Crippen LogP contribution in [0, 0.1) is 0 Å². The van der Waals surface area contributed by atoms with Gasteiger partial charge in [0.05, 0.1) is 20.5 Å². The highest BCUT2D eigenvalue weighted by molar-refractivity contribution is 5.69. The Morgan fingerprint density at radius 1 is 1.46 bits per heavy atom. The van der Waals surface area contributed by atoms with Crippen LogP contribution >= 0.6 is 0 Å². The molecule has 0 aliphatic carbocycles. The normalized spacial score (nSPS) is 7.85. The van der Waals surface area contributed by atoms with Crippen molar-refractivity contribution in [1.29, 1.82) is 0 Å². The van der Waals surface area contributed by atoms with Gasteiger partial charge in [0.15, 0.2) is 12.0 Å². The van der Waals surface area contributed by atoms with Crippen LogP contribution in [0.15, 0.2) is 22.8 Å². The maximum absolute atomic E-state index is 9.77. The summed E-state index contributed by atoms with van der Waals surface area (Å²) in [6, 6.07) is 3.27. The van der Waals surface area contributed by atoms with E-state index in [0.717, 1.165) is 0 Å². The van der Waals surface area contributed by atoms with Crippen molar-refractivity contribution in [2.24, 2.45) is 0 Å². The summed E-state index contributed by atoms with van der Waals surface area (Å²) in [5, 5.41) is 0. The monoisotopic (exact) mass is 186 g/mol. The van der Waals surface area contributed by atoms with Crippen molar-refractivity contribution in [2.75, 3.05) is 14.2 Å². The molecule has 0 saturated heterocycles. The Morgan fingerprint density at radius 3 is 2.23 bits per heavy atom. The maximum Gasteiger partial charge on any atom is 0.507 e. The smallest absolute Gasteiger partial charge is 0.462 e. The van der Waals surface area contributed by atoms with Crippen molar-refractivity contribution in [2.45, 2.75) is 0 Å². The lowest BCUT2D eigenvalue weighted by Gasteiger charge is -1.89. The van der Waals surface area contributed by atoms with Gasteiger partial charge in [-0.15, -0.1) is 0 Å². The maximum atomic E-state index is 9.77. The molecule has 1 heterocycles. The summed E-state index contributed by atoms with van der Waals surface area (Å²) in [5.74, 6) is 0.375. The van der Waals surface area contributed by atoms with E-state index in [1.54, 1.807) is 12.1 Å². The fourth-order valence-corrected chi connectivity index (χ4v) is 0.442. The summed E-state index contributed by atoms with van der Waals surface area (Å²) in [4.78, 5) is 19.5. The van der Waals surface area contributed by atoms with E-state index in [-0.39, 0.29) is 0 Å². The topological polar surface area (TPSA) is 65.7 Å². The predicted molar refractivity (Wildman–Crippen MR) is 43.5 cm³/mol. The Bertz CT molecular complexity index is 233. The van der Waals surface area contributed by atoms with E-state index in [1.165, 1.54) is 20.5 Å². The Morgan fingerprint density at radius 2 is 2.08 bits per heavy atom. The molecule has 0 aliphatic heterocycles.